The Hall–Kier alpha value is -2.11. The summed E-state index contributed by atoms with van der Waals surface area (Å²) in [6.07, 6.45) is 2.25. The van der Waals surface area contributed by atoms with Gasteiger partial charge >= 0.3 is 0 Å². The van der Waals surface area contributed by atoms with Crippen LogP contribution in [-0.2, 0) is 4.79 Å². The molecule has 1 aromatic carbocycles. The normalized spacial score (nSPS) is 27.3. The first kappa shape index (κ1) is 15.8. The lowest BCUT2D eigenvalue weighted by Crippen LogP contribution is -2.51. The van der Waals surface area contributed by atoms with Gasteiger partial charge < -0.3 is 16.0 Å². The van der Waals surface area contributed by atoms with E-state index in [0.29, 0.717) is 19.5 Å². The van der Waals surface area contributed by atoms with Crippen LogP contribution in [0.1, 0.15) is 37.7 Å². The fraction of sp³-hybridized carbons (Fsp3) is 0.529. The Morgan fingerprint density at radius 2 is 2.22 bits per heavy atom. The van der Waals surface area contributed by atoms with E-state index in [9.17, 15) is 9.18 Å². The largest absolute Gasteiger partial charge is 0.354 e. The van der Waals surface area contributed by atoms with Crippen LogP contribution < -0.4 is 16.0 Å². The topological polar surface area (TPSA) is 65.5 Å². The quantitative estimate of drug-likeness (QED) is 0.582. The molecule has 3 atom stereocenters. The second-order valence-electron chi connectivity index (χ2n) is 6.12. The standard InChI is InChI=1S/C17H23FN4O/c1-2-19-17(21-11-7-8-16(23)20-10-11)22-15-9-13(15)12-5-3-4-6-14(12)18/h3-6,11,13,15H,2,7-10H2,1H3,(H,20,23)(H2,19,21,22). The highest BCUT2D eigenvalue weighted by Crippen LogP contribution is 2.41. The molecule has 1 amide bonds. The molecular weight excluding hydrogens is 295 g/mol. The van der Waals surface area contributed by atoms with Crippen LogP contribution >= 0.6 is 0 Å². The van der Waals surface area contributed by atoms with Crippen LogP contribution in [0.3, 0.4) is 0 Å². The number of guanidine groups is 1. The summed E-state index contributed by atoms with van der Waals surface area (Å²) in [6.45, 7) is 3.27. The van der Waals surface area contributed by atoms with E-state index in [0.717, 1.165) is 24.4 Å². The van der Waals surface area contributed by atoms with Crippen LogP contribution in [-0.4, -0.2) is 37.0 Å². The summed E-state index contributed by atoms with van der Waals surface area (Å²) < 4.78 is 13.8. The highest BCUT2D eigenvalue weighted by Gasteiger charge is 2.40. The van der Waals surface area contributed by atoms with E-state index in [1.165, 1.54) is 6.07 Å². The van der Waals surface area contributed by atoms with Crippen molar-refractivity contribution in [3.63, 3.8) is 0 Å². The molecule has 23 heavy (non-hydrogen) atoms. The van der Waals surface area contributed by atoms with Crippen molar-refractivity contribution in [2.75, 3.05) is 13.1 Å². The molecule has 3 N–H and O–H groups in total. The van der Waals surface area contributed by atoms with Crippen molar-refractivity contribution in [3.05, 3.63) is 35.6 Å². The van der Waals surface area contributed by atoms with E-state index < -0.39 is 0 Å². The Bertz CT molecular complexity index is 594. The van der Waals surface area contributed by atoms with Crippen molar-refractivity contribution >= 4 is 11.9 Å². The van der Waals surface area contributed by atoms with Gasteiger partial charge in [0.25, 0.3) is 0 Å². The summed E-state index contributed by atoms with van der Waals surface area (Å²) in [5.41, 5.74) is 0.769. The van der Waals surface area contributed by atoms with E-state index in [1.807, 2.05) is 19.1 Å². The fourth-order valence-corrected chi connectivity index (χ4v) is 2.99. The van der Waals surface area contributed by atoms with E-state index in [-0.39, 0.29) is 29.7 Å². The van der Waals surface area contributed by atoms with Crippen LogP contribution in [0.15, 0.2) is 29.3 Å². The lowest BCUT2D eigenvalue weighted by Gasteiger charge is -2.25. The Balaban J connectivity index is 1.56. The zero-order valence-corrected chi connectivity index (χ0v) is 13.3. The summed E-state index contributed by atoms with van der Waals surface area (Å²) >= 11 is 0. The van der Waals surface area contributed by atoms with E-state index in [2.05, 4.69) is 20.9 Å². The molecule has 3 rings (SSSR count). The Morgan fingerprint density at radius 1 is 1.39 bits per heavy atom. The van der Waals surface area contributed by atoms with E-state index in [4.69, 9.17) is 0 Å². The Morgan fingerprint density at radius 3 is 2.91 bits per heavy atom. The van der Waals surface area contributed by atoms with Gasteiger partial charge in [0.1, 0.15) is 5.82 Å². The zero-order valence-electron chi connectivity index (χ0n) is 13.3. The third-order valence-corrected chi connectivity index (χ3v) is 4.34. The molecule has 2 aliphatic rings. The van der Waals surface area contributed by atoms with E-state index >= 15 is 0 Å². The second kappa shape index (κ2) is 6.98. The first-order valence-corrected chi connectivity index (χ1v) is 8.26. The maximum Gasteiger partial charge on any atom is 0.220 e. The fourth-order valence-electron chi connectivity index (χ4n) is 2.99. The van der Waals surface area contributed by atoms with Crippen molar-refractivity contribution in [2.24, 2.45) is 4.99 Å². The number of nitrogens with one attached hydrogen (secondary N) is 3. The van der Waals surface area contributed by atoms with Crippen LogP contribution in [0.2, 0.25) is 0 Å². The van der Waals surface area contributed by atoms with Crippen LogP contribution in [0.25, 0.3) is 0 Å². The maximum absolute atomic E-state index is 13.8. The van der Waals surface area contributed by atoms with Gasteiger partial charge in [-0.2, -0.15) is 0 Å². The van der Waals surface area contributed by atoms with Gasteiger partial charge in [-0.1, -0.05) is 18.2 Å². The molecule has 0 aromatic heterocycles. The number of benzene rings is 1. The summed E-state index contributed by atoms with van der Waals surface area (Å²) in [5.74, 6) is 0.911. The van der Waals surface area contributed by atoms with Crippen molar-refractivity contribution in [2.45, 2.75) is 44.2 Å². The summed E-state index contributed by atoms with van der Waals surface area (Å²) in [4.78, 5) is 15.7. The van der Waals surface area contributed by atoms with Gasteiger partial charge in [0.2, 0.25) is 5.91 Å². The second-order valence-corrected chi connectivity index (χ2v) is 6.12. The summed E-state index contributed by atoms with van der Waals surface area (Å²) in [7, 11) is 0. The van der Waals surface area contributed by atoms with Crippen LogP contribution in [0, 0.1) is 5.82 Å². The Labute approximate surface area is 135 Å². The smallest absolute Gasteiger partial charge is 0.220 e. The van der Waals surface area contributed by atoms with Crippen molar-refractivity contribution in [1.82, 2.24) is 16.0 Å². The number of amides is 1. The number of nitrogens with zero attached hydrogens (tertiary/aromatic N) is 1. The molecule has 0 bridgehead atoms. The van der Waals surface area contributed by atoms with Gasteiger partial charge in [-0.3, -0.25) is 9.79 Å². The van der Waals surface area contributed by atoms with Crippen LogP contribution in [0.4, 0.5) is 4.39 Å². The highest BCUT2D eigenvalue weighted by atomic mass is 19.1. The van der Waals surface area contributed by atoms with Crippen LogP contribution in [0.5, 0.6) is 0 Å². The molecular formula is C17H23FN4O. The minimum Gasteiger partial charge on any atom is -0.354 e. The monoisotopic (exact) mass is 318 g/mol. The molecule has 1 aromatic rings. The SMILES string of the molecule is CCN=C(NC1CCC(=O)NC1)NC1CC1c1ccccc1F. The number of piperidine rings is 1. The number of halogens is 1. The average Bonchev–Trinajstić information content (AvgIpc) is 3.29. The summed E-state index contributed by atoms with van der Waals surface area (Å²) in [6, 6.07) is 7.35. The molecule has 6 heteroatoms. The molecule has 124 valence electrons. The number of rotatable bonds is 4. The van der Waals surface area contributed by atoms with Gasteiger partial charge in [-0.25, -0.2) is 4.39 Å². The molecule has 1 aliphatic heterocycles. The van der Waals surface area contributed by atoms with Crippen molar-refractivity contribution in [3.8, 4) is 0 Å². The van der Waals surface area contributed by atoms with Gasteiger partial charge in [0.15, 0.2) is 5.96 Å². The number of hydrogen-bond acceptors (Lipinski definition) is 2. The number of carbonyl (C=O) groups excluding carboxylic acids is 1. The van der Waals surface area contributed by atoms with E-state index in [1.54, 1.807) is 6.07 Å². The molecule has 5 nitrogen and oxygen atoms in total. The molecule has 1 saturated carbocycles. The molecule has 0 radical (unpaired) electrons. The highest BCUT2D eigenvalue weighted by molar-refractivity contribution is 5.82. The average molecular weight is 318 g/mol. The molecule has 1 aliphatic carbocycles. The first-order chi connectivity index (χ1) is 11.2. The number of aliphatic imine (C=N–C) groups is 1. The van der Waals surface area contributed by atoms with Crippen molar-refractivity contribution in [1.29, 1.82) is 0 Å². The van der Waals surface area contributed by atoms with Gasteiger partial charge in [-0.05, 0) is 31.4 Å². The maximum atomic E-state index is 13.8. The zero-order chi connectivity index (χ0) is 16.2. The summed E-state index contributed by atoms with van der Waals surface area (Å²) in [5, 5.41) is 9.61. The molecule has 3 unspecified atom stereocenters. The lowest BCUT2D eigenvalue weighted by molar-refractivity contribution is -0.122. The third-order valence-electron chi connectivity index (χ3n) is 4.34. The first-order valence-electron chi connectivity index (χ1n) is 8.26. The van der Waals surface area contributed by atoms with Gasteiger partial charge in [0.05, 0.1) is 0 Å². The number of carbonyl (C=O) groups is 1. The Kier molecular flexibility index (Phi) is 4.79. The van der Waals surface area contributed by atoms with Gasteiger partial charge in [-0.15, -0.1) is 0 Å². The van der Waals surface area contributed by atoms with Crippen molar-refractivity contribution < 1.29 is 9.18 Å². The molecule has 0 spiro atoms. The minimum absolute atomic E-state index is 0.104. The number of hydrogen-bond donors (Lipinski definition) is 3. The van der Waals surface area contributed by atoms with Gasteiger partial charge in [0, 0.05) is 37.5 Å². The molecule has 1 heterocycles. The predicted octanol–water partition coefficient (Wildman–Crippen LogP) is 1.52. The molecule has 2 fully saturated rings. The third kappa shape index (κ3) is 4.00. The lowest BCUT2D eigenvalue weighted by atomic mass is 10.1. The molecule has 1 saturated heterocycles. The predicted molar refractivity (Wildman–Crippen MR) is 87.8 cm³/mol. The minimum atomic E-state index is -0.140.